The van der Waals surface area contributed by atoms with Crippen molar-refractivity contribution in [3.8, 4) is 11.3 Å². The van der Waals surface area contributed by atoms with Crippen molar-refractivity contribution in [2.45, 2.75) is 32.8 Å². The Morgan fingerprint density at radius 3 is 2.62 bits per heavy atom. The van der Waals surface area contributed by atoms with Crippen LogP contribution in [0.5, 0.6) is 0 Å². The summed E-state index contributed by atoms with van der Waals surface area (Å²) in [6.45, 7) is 4.29. The summed E-state index contributed by atoms with van der Waals surface area (Å²) in [5, 5.41) is 13.3. The first-order chi connectivity index (χ1) is 11.6. The molecule has 0 aliphatic rings. The first kappa shape index (κ1) is 18.4. The fourth-order valence-corrected chi connectivity index (χ4v) is 2.89. The van der Waals surface area contributed by atoms with Gasteiger partial charge in [-0.3, -0.25) is 9.78 Å². The van der Waals surface area contributed by atoms with E-state index in [0.717, 1.165) is 24.1 Å². The van der Waals surface area contributed by atoms with E-state index in [0.29, 0.717) is 10.6 Å². The molecule has 1 aromatic carbocycles. The first-order valence-corrected chi connectivity index (χ1v) is 8.61. The molecule has 4 nitrogen and oxygen atoms in total. The lowest BCUT2D eigenvalue weighted by Crippen LogP contribution is -2.36. The lowest BCUT2D eigenvalue weighted by atomic mass is 9.96. The summed E-state index contributed by atoms with van der Waals surface area (Å²) in [5.74, 6) is -0.108. The molecule has 0 fully saturated rings. The Hall–Kier alpha value is -1.91. The maximum Gasteiger partial charge on any atom is 0.252 e. The molecule has 24 heavy (non-hydrogen) atoms. The summed E-state index contributed by atoms with van der Waals surface area (Å²) in [4.78, 5) is 16.7. The second-order valence-electron chi connectivity index (χ2n) is 5.76. The predicted octanol–water partition coefficient (Wildman–Crippen LogP) is 3.93. The molecule has 128 valence electrons. The maximum atomic E-state index is 12.4. The second-order valence-corrected chi connectivity index (χ2v) is 6.17. The number of hydrogen-bond acceptors (Lipinski definition) is 3. The van der Waals surface area contributed by atoms with Gasteiger partial charge in [0.2, 0.25) is 0 Å². The van der Waals surface area contributed by atoms with Gasteiger partial charge in [0.05, 0.1) is 22.4 Å². The number of nitrogens with one attached hydrogen (secondary N) is 1. The summed E-state index contributed by atoms with van der Waals surface area (Å²) in [6.07, 6.45) is 2.91. The Bertz CT molecular complexity index is 672. The largest absolute Gasteiger partial charge is 0.391 e. The number of nitrogens with zero attached hydrogens (tertiary/aromatic N) is 1. The molecule has 1 amide bonds. The SMILES string of the molecule is CCC(CC)C(O)CNC(=O)c1cc(-c2ccccn2)ccc1Cl. The number of aliphatic hydroxyl groups excluding tert-OH is 1. The minimum Gasteiger partial charge on any atom is -0.391 e. The predicted molar refractivity (Wildman–Crippen MR) is 97.1 cm³/mol. The summed E-state index contributed by atoms with van der Waals surface area (Å²) in [5.41, 5.74) is 1.99. The third kappa shape index (κ3) is 4.56. The van der Waals surface area contributed by atoms with Gasteiger partial charge in [-0.2, -0.15) is 0 Å². The van der Waals surface area contributed by atoms with E-state index >= 15 is 0 Å². The molecular formula is C19H23ClN2O2. The number of halogens is 1. The van der Waals surface area contributed by atoms with Gasteiger partial charge in [-0.05, 0) is 30.2 Å². The molecule has 1 heterocycles. The molecule has 1 aromatic heterocycles. The fraction of sp³-hybridized carbons (Fsp3) is 0.368. The van der Waals surface area contributed by atoms with Crippen molar-refractivity contribution in [3.05, 3.63) is 53.2 Å². The van der Waals surface area contributed by atoms with Crippen LogP contribution in [0.3, 0.4) is 0 Å². The highest BCUT2D eigenvalue weighted by Gasteiger charge is 2.18. The van der Waals surface area contributed by atoms with Gasteiger partial charge in [0.25, 0.3) is 5.91 Å². The number of rotatable bonds is 7. The van der Waals surface area contributed by atoms with Gasteiger partial charge in [-0.15, -0.1) is 0 Å². The van der Waals surface area contributed by atoms with E-state index in [1.54, 1.807) is 18.3 Å². The standard InChI is InChI=1S/C19H23ClN2O2/c1-3-13(4-2)18(23)12-22-19(24)15-11-14(8-9-16(15)20)17-7-5-6-10-21-17/h5-11,13,18,23H,3-4,12H2,1-2H3,(H,22,24). The number of benzene rings is 1. The maximum absolute atomic E-state index is 12.4. The van der Waals surface area contributed by atoms with E-state index in [-0.39, 0.29) is 18.4 Å². The molecule has 0 radical (unpaired) electrons. The van der Waals surface area contributed by atoms with Crippen LogP contribution >= 0.6 is 11.6 Å². The molecule has 0 bridgehead atoms. The van der Waals surface area contributed by atoms with Gasteiger partial charge in [0.15, 0.2) is 0 Å². The molecule has 0 saturated carbocycles. The zero-order chi connectivity index (χ0) is 17.5. The first-order valence-electron chi connectivity index (χ1n) is 8.24. The van der Waals surface area contributed by atoms with Gasteiger partial charge >= 0.3 is 0 Å². The number of aliphatic hydroxyl groups is 1. The molecule has 1 unspecified atom stereocenters. The number of aromatic nitrogens is 1. The molecule has 0 saturated heterocycles. The van der Waals surface area contributed by atoms with Gasteiger partial charge in [-0.1, -0.05) is 50.4 Å². The summed E-state index contributed by atoms with van der Waals surface area (Å²) < 4.78 is 0. The van der Waals surface area contributed by atoms with Crippen molar-refractivity contribution in [2.75, 3.05) is 6.54 Å². The normalized spacial score (nSPS) is 12.2. The third-order valence-corrected chi connectivity index (χ3v) is 4.57. The lowest BCUT2D eigenvalue weighted by molar-refractivity contribution is 0.0817. The molecule has 2 rings (SSSR count). The molecule has 0 spiro atoms. The van der Waals surface area contributed by atoms with Crippen molar-refractivity contribution in [3.63, 3.8) is 0 Å². The highest BCUT2D eigenvalue weighted by molar-refractivity contribution is 6.34. The van der Waals surface area contributed by atoms with Crippen LogP contribution in [0, 0.1) is 5.92 Å². The van der Waals surface area contributed by atoms with E-state index in [4.69, 9.17) is 11.6 Å². The molecule has 2 N–H and O–H groups in total. The highest BCUT2D eigenvalue weighted by Crippen LogP contribution is 2.24. The Balaban J connectivity index is 2.12. The van der Waals surface area contributed by atoms with Crippen molar-refractivity contribution in [2.24, 2.45) is 5.92 Å². The highest BCUT2D eigenvalue weighted by atomic mass is 35.5. The third-order valence-electron chi connectivity index (χ3n) is 4.24. The van der Waals surface area contributed by atoms with Crippen LogP contribution in [-0.2, 0) is 0 Å². The second kappa shape index (κ2) is 8.81. The van der Waals surface area contributed by atoms with Crippen LogP contribution in [-0.4, -0.2) is 28.6 Å². The summed E-state index contributed by atoms with van der Waals surface area (Å²) >= 11 is 6.17. The van der Waals surface area contributed by atoms with Crippen LogP contribution in [0.1, 0.15) is 37.0 Å². The Morgan fingerprint density at radius 2 is 2.00 bits per heavy atom. The monoisotopic (exact) mass is 346 g/mol. The van der Waals surface area contributed by atoms with Crippen molar-refractivity contribution in [1.29, 1.82) is 0 Å². The summed E-state index contributed by atoms with van der Waals surface area (Å²) in [6, 6.07) is 10.9. The number of carbonyl (C=O) groups is 1. The molecule has 1 atom stereocenters. The average Bonchev–Trinajstić information content (AvgIpc) is 2.62. The van der Waals surface area contributed by atoms with Gasteiger partial charge in [0, 0.05) is 18.3 Å². The zero-order valence-corrected chi connectivity index (χ0v) is 14.8. The Labute approximate surface area is 147 Å². The number of carbonyl (C=O) groups excluding carboxylic acids is 1. The molecule has 2 aromatic rings. The van der Waals surface area contributed by atoms with Crippen LogP contribution in [0.4, 0.5) is 0 Å². The smallest absolute Gasteiger partial charge is 0.252 e. The zero-order valence-electron chi connectivity index (χ0n) is 14.0. The minimum atomic E-state index is -0.554. The van der Waals surface area contributed by atoms with E-state index in [9.17, 15) is 9.90 Å². The van der Waals surface area contributed by atoms with E-state index in [1.165, 1.54) is 0 Å². The fourth-order valence-electron chi connectivity index (χ4n) is 2.68. The van der Waals surface area contributed by atoms with E-state index in [2.05, 4.69) is 10.3 Å². The minimum absolute atomic E-state index is 0.181. The van der Waals surface area contributed by atoms with Gasteiger partial charge in [-0.25, -0.2) is 0 Å². The molecule has 0 aliphatic carbocycles. The van der Waals surface area contributed by atoms with E-state index in [1.807, 2.05) is 38.1 Å². The van der Waals surface area contributed by atoms with Crippen molar-refractivity contribution >= 4 is 17.5 Å². The van der Waals surface area contributed by atoms with Crippen LogP contribution < -0.4 is 5.32 Å². The topological polar surface area (TPSA) is 62.2 Å². The van der Waals surface area contributed by atoms with Crippen molar-refractivity contribution in [1.82, 2.24) is 10.3 Å². The number of hydrogen-bond donors (Lipinski definition) is 2. The molecular weight excluding hydrogens is 324 g/mol. The van der Waals surface area contributed by atoms with E-state index < -0.39 is 6.10 Å². The van der Waals surface area contributed by atoms with Gasteiger partial charge in [0.1, 0.15) is 0 Å². The van der Waals surface area contributed by atoms with Crippen molar-refractivity contribution < 1.29 is 9.90 Å². The Kier molecular flexibility index (Phi) is 6.76. The molecule has 5 heteroatoms. The average molecular weight is 347 g/mol. The number of pyridine rings is 1. The Morgan fingerprint density at radius 1 is 1.25 bits per heavy atom. The molecule has 0 aliphatic heterocycles. The van der Waals surface area contributed by atoms with Crippen LogP contribution in [0.15, 0.2) is 42.6 Å². The van der Waals surface area contributed by atoms with Crippen LogP contribution in [0.25, 0.3) is 11.3 Å². The van der Waals surface area contributed by atoms with Crippen LogP contribution in [0.2, 0.25) is 5.02 Å². The van der Waals surface area contributed by atoms with Gasteiger partial charge < -0.3 is 10.4 Å². The quantitative estimate of drug-likeness (QED) is 0.798. The summed E-state index contributed by atoms with van der Waals surface area (Å²) in [7, 11) is 0. The number of amides is 1. The lowest BCUT2D eigenvalue weighted by Gasteiger charge is -2.20.